The number of hydrogen-bond donors (Lipinski definition) is 2. The lowest BCUT2D eigenvalue weighted by atomic mass is 9.84. The van der Waals surface area contributed by atoms with Gasteiger partial charge in [0.2, 0.25) is 0 Å². The van der Waals surface area contributed by atoms with Crippen molar-refractivity contribution in [3.8, 4) is 12.1 Å². The highest BCUT2D eigenvalue weighted by molar-refractivity contribution is 8.06. The van der Waals surface area contributed by atoms with Crippen LogP contribution in [-0.2, 0) is 18.9 Å². The zero-order valence-corrected chi connectivity index (χ0v) is 15.8. The predicted molar refractivity (Wildman–Crippen MR) is 96.0 cm³/mol. The summed E-state index contributed by atoms with van der Waals surface area (Å²) in [6, 6.07) is 4.22. The molecule has 1 spiro atoms. The van der Waals surface area contributed by atoms with Crippen LogP contribution in [0.25, 0.3) is 0 Å². The number of hydrogen-bond acceptors (Lipinski definition) is 9. The average molecular weight is 390 g/mol. The van der Waals surface area contributed by atoms with Crippen LogP contribution >= 0.6 is 11.8 Å². The first kappa shape index (κ1) is 18.6. The Hall–Kier alpha value is -1.75. The molecule has 9 heteroatoms. The molecule has 0 aromatic heterocycles. The molecule has 0 aromatic rings. The molecular formula is C18H22N4O4S. The fourth-order valence-electron chi connectivity index (χ4n) is 4.48. The van der Waals surface area contributed by atoms with Crippen LogP contribution in [0.15, 0.2) is 21.2 Å². The molecule has 4 aliphatic rings. The minimum Gasteiger partial charge on any atom is -0.392 e. The van der Waals surface area contributed by atoms with E-state index in [9.17, 15) is 10.5 Å². The molecule has 0 unspecified atom stereocenters. The molecule has 3 aliphatic heterocycles. The molecule has 0 bridgehead atoms. The summed E-state index contributed by atoms with van der Waals surface area (Å²) in [6.45, 7) is 0. The number of nitrogens with zero attached hydrogens (tertiary/aromatic N) is 2. The van der Waals surface area contributed by atoms with Gasteiger partial charge < -0.3 is 30.4 Å². The largest absolute Gasteiger partial charge is 0.392 e. The predicted octanol–water partition coefficient (Wildman–Crippen LogP) is 1.55. The molecule has 3 heterocycles. The molecule has 4 rings (SSSR count). The molecule has 3 fully saturated rings. The van der Waals surface area contributed by atoms with E-state index in [1.165, 1.54) is 6.42 Å². The van der Waals surface area contributed by atoms with Gasteiger partial charge in [0.05, 0.1) is 39.3 Å². The zero-order valence-electron chi connectivity index (χ0n) is 15.0. The minimum atomic E-state index is -0.702. The maximum Gasteiger partial charge on any atom is 0.190 e. The summed E-state index contributed by atoms with van der Waals surface area (Å²) in [5.74, 6) is -1.32. The Kier molecular flexibility index (Phi) is 4.83. The summed E-state index contributed by atoms with van der Waals surface area (Å²) in [5, 5.41) is 19.8. The topological polar surface area (TPSA) is 137 Å². The molecule has 8 nitrogen and oxygen atoms in total. The van der Waals surface area contributed by atoms with Crippen molar-refractivity contribution >= 4 is 11.8 Å². The second-order valence-electron chi connectivity index (χ2n) is 7.20. The SMILES string of the molecule is CO[C@@H]1[C@@H]2OC3(CCCCC3)O[C@@H]2O[C@H]1C1C(C#N)=C(N)SC(N)=C1C#N. The van der Waals surface area contributed by atoms with Gasteiger partial charge in [-0.15, -0.1) is 0 Å². The van der Waals surface area contributed by atoms with E-state index in [1.54, 1.807) is 7.11 Å². The van der Waals surface area contributed by atoms with Crippen molar-refractivity contribution < 1.29 is 18.9 Å². The smallest absolute Gasteiger partial charge is 0.190 e. The van der Waals surface area contributed by atoms with Gasteiger partial charge in [-0.3, -0.25) is 0 Å². The van der Waals surface area contributed by atoms with Crippen molar-refractivity contribution in [2.75, 3.05) is 7.11 Å². The fourth-order valence-corrected chi connectivity index (χ4v) is 5.28. The summed E-state index contributed by atoms with van der Waals surface area (Å²) in [4.78, 5) is 0. The van der Waals surface area contributed by atoms with E-state index in [2.05, 4.69) is 12.1 Å². The summed E-state index contributed by atoms with van der Waals surface area (Å²) in [5.41, 5.74) is 12.6. The lowest BCUT2D eigenvalue weighted by molar-refractivity contribution is -0.249. The van der Waals surface area contributed by atoms with Gasteiger partial charge in [-0.1, -0.05) is 18.2 Å². The summed E-state index contributed by atoms with van der Waals surface area (Å²) >= 11 is 1.03. The Morgan fingerprint density at radius 2 is 1.67 bits per heavy atom. The number of rotatable bonds is 2. The lowest BCUT2D eigenvalue weighted by Crippen LogP contribution is -2.43. The number of nitrogens with two attached hydrogens (primary N) is 2. The molecule has 0 amide bonds. The molecule has 1 saturated carbocycles. The maximum atomic E-state index is 9.62. The normalized spacial score (nSPS) is 36.0. The van der Waals surface area contributed by atoms with Crippen molar-refractivity contribution in [2.24, 2.45) is 17.4 Å². The number of fused-ring (bicyclic) bond motifs is 1. The standard InChI is InChI=1S/C18H22N4O4S/c1-23-13-12(11-9(7-19)15(21)27-16(22)10(11)8-20)24-17-14(13)25-18(26-17)5-3-2-4-6-18/h11-14,17H,2-6,21-22H2,1H3/t12-,13-,14-,17-/m0/s1. The van der Waals surface area contributed by atoms with Crippen LogP contribution in [-0.4, -0.2) is 37.5 Å². The molecular weight excluding hydrogens is 368 g/mol. The van der Waals surface area contributed by atoms with E-state index in [4.69, 9.17) is 30.4 Å². The molecule has 4 atom stereocenters. The number of nitriles is 2. The highest BCUT2D eigenvalue weighted by atomic mass is 32.2. The van der Waals surface area contributed by atoms with Crippen molar-refractivity contribution in [2.45, 2.75) is 62.5 Å². The van der Waals surface area contributed by atoms with Gasteiger partial charge in [0, 0.05) is 20.0 Å². The van der Waals surface area contributed by atoms with Gasteiger partial charge in [-0.05, 0) is 12.8 Å². The van der Waals surface area contributed by atoms with Crippen LogP contribution in [0.2, 0.25) is 0 Å². The molecule has 1 aliphatic carbocycles. The molecule has 27 heavy (non-hydrogen) atoms. The third kappa shape index (κ3) is 2.91. The Bertz CT molecular complexity index is 741. The highest BCUT2D eigenvalue weighted by Gasteiger charge is 2.60. The van der Waals surface area contributed by atoms with Gasteiger partial charge in [0.1, 0.15) is 18.3 Å². The van der Waals surface area contributed by atoms with Gasteiger partial charge in [-0.25, -0.2) is 0 Å². The van der Waals surface area contributed by atoms with E-state index in [-0.39, 0.29) is 21.2 Å². The van der Waals surface area contributed by atoms with E-state index in [0.717, 1.165) is 37.4 Å². The first-order chi connectivity index (χ1) is 13.0. The average Bonchev–Trinajstić information content (AvgIpc) is 3.15. The van der Waals surface area contributed by atoms with E-state index >= 15 is 0 Å². The number of ether oxygens (including phenoxy) is 4. The number of methoxy groups -OCH3 is 1. The van der Waals surface area contributed by atoms with Crippen LogP contribution in [0.4, 0.5) is 0 Å². The van der Waals surface area contributed by atoms with E-state index in [0.29, 0.717) is 0 Å². The Labute approximate surface area is 162 Å². The first-order valence-corrected chi connectivity index (χ1v) is 9.86. The Morgan fingerprint density at radius 1 is 1.04 bits per heavy atom. The monoisotopic (exact) mass is 390 g/mol. The number of thioether (sulfide) groups is 1. The third-order valence-electron chi connectivity index (χ3n) is 5.72. The zero-order chi connectivity index (χ0) is 19.2. The second-order valence-corrected chi connectivity index (χ2v) is 8.28. The summed E-state index contributed by atoms with van der Waals surface area (Å²) < 4.78 is 24.3. The Morgan fingerprint density at radius 3 is 2.22 bits per heavy atom. The van der Waals surface area contributed by atoms with Crippen molar-refractivity contribution in [1.82, 2.24) is 0 Å². The summed E-state index contributed by atoms with van der Waals surface area (Å²) in [6.07, 6.45) is 2.77. The minimum absolute atomic E-state index is 0.269. The summed E-state index contributed by atoms with van der Waals surface area (Å²) in [7, 11) is 1.56. The van der Waals surface area contributed by atoms with Crippen LogP contribution in [0, 0.1) is 28.6 Å². The molecule has 4 N–H and O–H groups in total. The van der Waals surface area contributed by atoms with Gasteiger partial charge in [-0.2, -0.15) is 10.5 Å². The van der Waals surface area contributed by atoms with Crippen LogP contribution < -0.4 is 11.5 Å². The van der Waals surface area contributed by atoms with E-state index in [1.807, 2.05) is 0 Å². The van der Waals surface area contributed by atoms with Crippen LogP contribution in [0.1, 0.15) is 32.1 Å². The van der Waals surface area contributed by atoms with Crippen LogP contribution in [0.3, 0.4) is 0 Å². The third-order valence-corrected chi connectivity index (χ3v) is 6.60. The van der Waals surface area contributed by atoms with Crippen molar-refractivity contribution in [3.63, 3.8) is 0 Å². The molecule has 0 aromatic carbocycles. The highest BCUT2D eigenvalue weighted by Crippen LogP contribution is 2.49. The fraction of sp³-hybridized carbons (Fsp3) is 0.667. The van der Waals surface area contributed by atoms with Gasteiger partial charge in [0.15, 0.2) is 12.1 Å². The molecule has 144 valence electrons. The van der Waals surface area contributed by atoms with Gasteiger partial charge in [0.25, 0.3) is 0 Å². The van der Waals surface area contributed by atoms with E-state index < -0.39 is 36.3 Å². The quantitative estimate of drug-likeness (QED) is 0.719. The first-order valence-electron chi connectivity index (χ1n) is 9.05. The van der Waals surface area contributed by atoms with Crippen LogP contribution in [0.5, 0.6) is 0 Å². The van der Waals surface area contributed by atoms with Crippen molar-refractivity contribution in [3.05, 3.63) is 21.2 Å². The molecule has 2 saturated heterocycles. The van der Waals surface area contributed by atoms with Gasteiger partial charge >= 0.3 is 0 Å². The van der Waals surface area contributed by atoms with Crippen molar-refractivity contribution in [1.29, 1.82) is 10.5 Å². The Balaban J connectivity index is 1.64. The second kappa shape index (κ2) is 7.01. The molecule has 0 radical (unpaired) electrons. The lowest BCUT2D eigenvalue weighted by Gasteiger charge is -2.36. The maximum absolute atomic E-state index is 9.62.